The van der Waals surface area contributed by atoms with E-state index in [-0.39, 0.29) is 12.0 Å². The molecule has 0 radical (unpaired) electrons. The summed E-state index contributed by atoms with van der Waals surface area (Å²) in [5.74, 6) is 0.433. The fourth-order valence-corrected chi connectivity index (χ4v) is 4.69. The van der Waals surface area contributed by atoms with Crippen molar-refractivity contribution in [3.8, 4) is 10.6 Å². The van der Waals surface area contributed by atoms with E-state index >= 15 is 0 Å². The Bertz CT molecular complexity index is 924. The van der Waals surface area contributed by atoms with Gasteiger partial charge in [0.2, 0.25) is 5.91 Å². The van der Waals surface area contributed by atoms with Crippen molar-refractivity contribution in [1.82, 2.24) is 9.88 Å². The molecular formula is C22H27N3O3S. The fourth-order valence-electron chi connectivity index (χ4n) is 3.80. The number of carbonyl (C=O) groups excluding carboxylic acids is 2. The largest absolute Gasteiger partial charge is 0.444 e. The molecule has 1 N–H and O–H groups in total. The molecule has 0 unspecified atom stereocenters. The number of piperidine rings is 1. The maximum absolute atomic E-state index is 12.2. The minimum absolute atomic E-state index is 0.0752. The van der Waals surface area contributed by atoms with Crippen LogP contribution in [0.25, 0.3) is 10.6 Å². The number of thiazole rings is 1. The van der Waals surface area contributed by atoms with Crippen molar-refractivity contribution in [3.63, 3.8) is 0 Å². The highest BCUT2D eigenvalue weighted by Gasteiger charge is 2.28. The molecule has 2 aliphatic heterocycles. The summed E-state index contributed by atoms with van der Waals surface area (Å²) < 4.78 is 5.48. The zero-order valence-electron chi connectivity index (χ0n) is 17.2. The monoisotopic (exact) mass is 413 g/mol. The summed E-state index contributed by atoms with van der Waals surface area (Å²) in [6.45, 7) is 7.05. The van der Waals surface area contributed by atoms with Crippen molar-refractivity contribution >= 4 is 29.0 Å². The third-order valence-electron chi connectivity index (χ3n) is 5.34. The Morgan fingerprint density at radius 3 is 2.72 bits per heavy atom. The van der Waals surface area contributed by atoms with Gasteiger partial charge in [-0.1, -0.05) is 12.1 Å². The summed E-state index contributed by atoms with van der Waals surface area (Å²) >= 11 is 1.63. The minimum atomic E-state index is -0.466. The number of aromatic nitrogens is 1. The maximum atomic E-state index is 12.2. The first-order valence-corrected chi connectivity index (χ1v) is 11.0. The quantitative estimate of drug-likeness (QED) is 0.767. The summed E-state index contributed by atoms with van der Waals surface area (Å²) in [4.78, 5) is 30.6. The molecule has 6 nitrogen and oxygen atoms in total. The molecule has 3 heterocycles. The lowest BCUT2D eigenvalue weighted by atomic mass is 9.94. The van der Waals surface area contributed by atoms with Crippen molar-refractivity contribution in [2.75, 3.05) is 18.4 Å². The Hall–Kier alpha value is -2.41. The van der Waals surface area contributed by atoms with Crippen LogP contribution >= 0.6 is 11.3 Å². The summed E-state index contributed by atoms with van der Waals surface area (Å²) in [5.41, 5.74) is 3.75. The Morgan fingerprint density at radius 2 is 2.00 bits per heavy atom. The van der Waals surface area contributed by atoms with Crippen molar-refractivity contribution < 1.29 is 14.3 Å². The average Bonchev–Trinajstić information content (AvgIpc) is 3.16. The average molecular weight is 414 g/mol. The van der Waals surface area contributed by atoms with E-state index in [0.717, 1.165) is 41.2 Å². The normalized spacial score (nSPS) is 17.6. The van der Waals surface area contributed by atoms with Crippen LogP contribution in [0.3, 0.4) is 0 Å². The zero-order valence-corrected chi connectivity index (χ0v) is 18.0. The van der Waals surface area contributed by atoms with Gasteiger partial charge in [0.05, 0.1) is 5.69 Å². The van der Waals surface area contributed by atoms with Crippen molar-refractivity contribution in [3.05, 3.63) is 34.8 Å². The van der Waals surface area contributed by atoms with Crippen molar-refractivity contribution in [2.24, 2.45) is 0 Å². The molecule has 0 spiro atoms. The Labute approximate surface area is 175 Å². The smallest absolute Gasteiger partial charge is 0.410 e. The summed E-state index contributed by atoms with van der Waals surface area (Å²) in [5, 5.41) is 6.06. The number of carbonyl (C=O) groups is 2. The number of amides is 2. The Balaban J connectivity index is 1.41. The highest BCUT2D eigenvalue weighted by Crippen LogP contribution is 2.35. The third-order valence-corrected chi connectivity index (χ3v) is 6.25. The van der Waals surface area contributed by atoms with Crippen LogP contribution in [0.2, 0.25) is 0 Å². The van der Waals surface area contributed by atoms with Crippen LogP contribution in [-0.2, 0) is 16.0 Å². The fraction of sp³-hybridized carbons (Fsp3) is 0.500. The third kappa shape index (κ3) is 4.61. The number of aryl methyl sites for hydroxylation is 1. The number of ether oxygens (including phenoxy) is 1. The summed E-state index contributed by atoms with van der Waals surface area (Å²) in [6.07, 6.45) is 2.90. The number of fused-ring (bicyclic) bond motifs is 1. The van der Waals surface area contributed by atoms with Gasteiger partial charge in [-0.15, -0.1) is 11.3 Å². The van der Waals surface area contributed by atoms with E-state index in [1.54, 1.807) is 16.2 Å². The second-order valence-electron chi connectivity index (χ2n) is 8.74. The van der Waals surface area contributed by atoms with E-state index in [1.165, 1.54) is 5.56 Å². The molecule has 0 saturated carbocycles. The number of likely N-dealkylation sites (tertiary alicyclic amines) is 1. The first-order valence-electron chi connectivity index (χ1n) is 10.1. The van der Waals surface area contributed by atoms with Crippen molar-refractivity contribution in [2.45, 2.75) is 58.0 Å². The molecule has 0 aliphatic carbocycles. The van der Waals surface area contributed by atoms with Gasteiger partial charge >= 0.3 is 6.09 Å². The lowest BCUT2D eigenvalue weighted by Crippen LogP contribution is -2.41. The molecule has 4 rings (SSSR count). The van der Waals surface area contributed by atoms with Gasteiger partial charge in [0.25, 0.3) is 0 Å². The molecule has 0 bridgehead atoms. The van der Waals surface area contributed by atoms with Crippen LogP contribution in [-0.4, -0.2) is 40.6 Å². The molecule has 2 amide bonds. The molecule has 2 aromatic rings. The molecule has 0 atom stereocenters. The number of hydrogen-bond acceptors (Lipinski definition) is 5. The van der Waals surface area contributed by atoms with Crippen molar-refractivity contribution in [1.29, 1.82) is 0 Å². The van der Waals surface area contributed by atoms with Crippen LogP contribution in [0, 0.1) is 0 Å². The summed E-state index contributed by atoms with van der Waals surface area (Å²) in [7, 11) is 0. The van der Waals surface area contributed by atoms with E-state index in [4.69, 9.17) is 9.72 Å². The molecule has 7 heteroatoms. The second kappa shape index (κ2) is 7.78. The number of nitrogens with zero attached hydrogens (tertiary/aromatic N) is 2. The van der Waals surface area contributed by atoms with Gasteiger partial charge in [-0.25, -0.2) is 9.78 Å². The van der Waals surface area contributed by atoms with E-state index in [2.05, 4.69) is 22.8 Å². The number of anilines is 1. The first-order chi connectivity index (χ1) is 13.8. The van der Waals surface area contributed by atoms with Crippen LogP contribution in [0.4, 0.5) is 10.5 Å². The SMILES string of the molecule is CC(C)(C)OC(=O)N1CCC(c2csc(-c3ccc4c(c3)NC(=O)CC4)n2)CC1. The summed E-state index contributed by atoms with van der Waals surface area (Å²) in [6, 6.07) is 6.20. The van der Waals surface area contributed by atoms with Crippen LogP contribution < -0.4 is 5.32 Å². The predicted octanol–water partition coefficient (Wildman–Crippen LogP) is 4.81. The molecule has 154 valence electrons. The highest BCUT2D eigenvalue weighted by molar-refractivity contribution is 7.13. The van der Waals surface area contributed by atoms with Gasteiger partial charge < -0.3 is 15.0 Å². The van der Waals surface area contributed by atoms with Gasteiger partial charge in [0, 0.05) is 42.1 Å². The molecule has 1 saturated heterocycles. The first kappa shape index (κ1) is 19.9. The van der Waals surface area contributed by atoms with Gasteiger partial charge in [-0.2, -0.15) is 0 Å². The number of benzene rings is 1. The molecule has 1 aromatic heterocycles. The Morgan fingerprint density at radius 1 is 1.24 bits per heavy atom. The maximum Gasteiger partial charge on any atom is 0.410 e. The van der Waals surface area contributed by atoms with E-state index in [1.807, 2.05) is 26.8 Å². The molecule has 29 heavy (non-hydrogen) atoms. The molecular weight excluding hydrogens is 386 g/mol. The molecule has 2 aliphatic rings. The number of rotatable bonds is 2. The van der Waals surface area contributed by atoms with Gasteiger partial charge in [-0.3, -0.25) is 4.79 Å². The van der Waals surface area contributed by atoms with Crippen LogP contribution in [0.15, 0.2) is 23.6 Å². The van der Waals surface area contributed by atoms with E-state index < -0.39 is 5.60 Å². The predicted molar refractivity (Wildman–Crippen MR) is 114 cm³/mol. The number of nitrogens with one attached hydrogen (secondary N) is 1. The standard InChI is InChI=1S/C22H27N3O3S/c1-22(2,3)28-21(27)25-10-8-15(9-11-25)18-13-29-20(24-18)16-5-4-14-6-7-19(26)23-17(14)12-16/h4-5,12-13,15H,6-11H2,1-3H3,(H,23,26). The lowest BCUT2D eigenvalue weighted by molar-refractivity contribution is -0.116. The minimum Gasteiger partial charge on any atom is -0.444 e. The van der Waals surface area contributed by atoms with E-state index in [0.29, 0.717) is 25.4 Å². The second-order valence-corrected chi connectivity index (χ2v) is 9.60. The zero-order chi connectivity index (χ0) is 20.6. The van der Waals surface area contributed by atoms with Crippen LogP contribution in [0.1, 0.15) is 57.2 Å². The topological polar surface area (TPSA) is 71.5 Å². The number of hydrogen-bond donors (Lipinski definition) is 1. The van der Waals surface area contributed by atoms with E-state index in [9.17, 15) is 9.59 Å². The highest BCUT2D eigenvalue weighted by atomic mass is 32.1. The Kier molecular flexibility index (Phi) is 5.34. The van der Waals surface area contributed by atoms with Crippen LogP contribution in [0.5, 0.6) is 0 Å². The molecule has 1 fully saturated rings. The molecule has 1 aromatic carbocycles. The van der Waals surface area contributed by atoms with Gasteiger partial charge in [0.1, 0.15) is 10.6 Å². The van der Waals surface area contributed by atoms with Gasteiger partial charge in [0.15, 0.2) is 0 Å². The van der Waals surface area contributed by atoms with Gasteiger partial charge in [-0.05, 0) is 51.7 Å². The lowest BCUT2D eigenvalue weighted by Gasteiger charge is -2.32.